The summed E-state index contributed by atoms with van der Waals surface area (Å²) in [5.41, 5.74) is 1.49. The van der Waals surface area contributed by atoms with Crippen LogP contribution in [0.15, 0.2) is 27.3 Å². The second-order valence-corrected chi connectivity index (χ2v) is 4.22. The summed E-state index contributed by atoms with van der Waals surface area (Å²) in [5, 5.41) is 4.86. The third kappa shape index (κ3) is 1.42. The van der Waals surface area contributed by atoms with E-state index in [2.05, 4.69) is 36.0 Å². The summed E-state index contributed by atoms with van der Waals surface area (Å²) in [6.45, 7) is 1.75. The molecule has 0 saturated carbocycles. The van der Waals surface area contributed by atoms with Gasteiger partial charge in [-0.2, -0.15) is 4.98 Å². The fraction of sp³-hybridized carbons (Fsp3) is 0.100. The molecule has 3 aromatic heterocycles. The third-order valence-corrected chi connectivity index (χ3v) is 2.90. The zero-order valence-corrected chi connectivity index (χ0v) is 9.95. The van der Waals surface area contributed by atoms with Crippen LogP contribution >= 0.6 is 15.9 Å². The number of aromatic nitrogens is 4. The SMILES string of the molecule is Cc1nc(-c2ccc3c(Br)c[nH]c3n2)no1. The Morgan fingerprint density at radius 1 is 1.31 bits per heavy atom. The highest BCUT2D eigenvalue weighted by molar-refractivity contribution is 9.10. The van der Waals surface area contributed by atoms with Gasteiger partial charge in [0.1, 0.15) is 11.3 Å². The van der Waals surface area contributed by atoms with E-state index < -0.39 is 0 Å². The highest BCUT2D eigenvalue weighted by Gasteiger charge is 2.09. The first-order valence-corrected chi connectivity index (χ1v) is 5.47. The molecule has 1 N–H and O–H groups in total. The number of hydrogen-bond donors (Lipinski definition) is 1. The number of rotatable bonds is 1. The van der Waals surface area contributed by atoms with Crippen molar-refractivity contribution in [1.29, 1.82) is 0 Å². The molecule has 0 spiro atoms. The average molecular weight is 279 g/mol. The standard InChI is InChI=1S/C10H7BrN4O/c1-5-13-10(15-16-5)8-3-2-6-7(11)4-12-9(6)14-8/h2-4H,1H3,(H,12,14). The van der Waals surface area contributed by atoms with Crippen LogP contribution in [-0.2, 0) is 0 Å². The molecule has 0 fully saturated rings. The first-order chi connectivity index (χ1) is 7.74. The maximum absolute atomic E-state index is 4.92. The molecule has 0 amide bonds. The molecule has 6 heteroatoms. The van der Waals surface area contributed by atoms with Crippen molar-refractivity contribution in [3.8, 4) is 11.5 Å². The van der Waals surface area contributed by atoms with E-state index in [9.17, 15) is 0 Å². The number of aromatic amines is 1. The van der Waals surface area contributed by atoms with E-state index in [1.807, 2.05) is 18.3 Å². The van der Waals surface area contributed by atoms with Crippen LogP contribution < -0.4 is 0 Å². The summed E-state index contributed by atoms with van der Waals surface area (Å²) in [6, 6.07) is 3.83. The summed E-state index contributed by atoms with van der Waals surface area (Å²) >= 11 is 3.43. The Balaban J connectivity index is 2.18. The van der Waals surface area contributed by atoms with Gasteiger partial charge in [-0.05, 0) is 28.1 Å². The molecule has 3 aromatic rings. The van der Waals surface area contributed by atoms with Gasteiger partial charge in [0.15, 0.2) is 0 Å². The molecular weight excluding hydrogens is 272 g/mol. The van der Waals surface area contributed by atoms with Crippen LogP contribution in [0.3, 0.4) is 0 Å². The number of halogens is 1. The number of pyridine rings is 1. The maximum Gasteiger partial charge on any atom is 0.223 e. The van der Waals surface area contributed by atoms with Crippen molar-refractivity contribution in [2.75, 3.05) is 0 Å². The average Bonchev–Trinajstić information content (AvgIpc) is 2.86. The minimum absolute atomic E-state index is 0.505. The summed E-state index contributed by atoms with van der Waals surface area (Å²) < 4.78 is 5.91. The number of H-pyrrole nitrogens is 1. The molecule has 0 radical (unpaired) electrons. The maximum atomic E-state index is 4.92. The Hall–Kier alpha value is -1.69. The summed E-state index contributed by atoms with van der Waals surface area (Å²) in [7, 11) is 0. The largest absolute Gasteiger partial charge is 0.345 e. The Kier molecular flexibility index (Phi) is 2.03. The number of fused-ring (bicyclic) bond motifs is 1. The molecule has 0 atom stereocenters. The van der Waals surface area contributed by atoms with E-state index in [-0.39, 0.29) is 0 Å². The van der Waals surface area contributed by atoms with E-state index >= 15 is 0 Å². The van der Waals surface area contributed by atoms with Crippen molar-refractivity contribution < 1.29 is 4.52 Å². The van der Waals surface area contributed by atoms with Gasteiger partial charge in [0, 0.05) is 23.0 Å². The van der Waals surface area contributed by atoms with Gasteiger partial charge >= 0.3 is 0 Å². The summed E-state index contributed by atoms with van der Waals surface area (Å²) in [4.78, 5) is 11.6. The summed E-state index contributed by atoms with van der Waals surface area (Å²) in [5.74, 6) is 1.04. The molecule has 0 saturated heterocycles. The number of nitrogens with zero attached hydrogens (tertiary/aromatic N) is 3. The third-order valence-electron chi connectivity index (χ3n) is 2.24. The van der Waals surface area contributed by atoms with Crippen LogP contribution in [0.1, 0.15) is 5.89 Å². The van der Waals surface area contributed by atoms with Gasteiger partial charge in [-0.15, -0.1) is 0 Å². The molecule has 0 bridgehead atoms. The van der Waals surface area contributed by atoms with Crippen LogP contribution in [0.25, 0.3) is 22.6 Å². The van der Waals surface area contributed by atoms with Gasteiger partial charge in [-0.1, -0.05) is 5.16 Å². The second kappa shape index (κ2) is 3.41. The zero-order valence-electron chi connectivity index (χ0n) is 8.36. The first-order valence-electron chi connectivity index (χ1n) is 4.68. The number of aryl methyl sites for hydroxylation is 1. The van der Waals surface area contributed by atoms with Crippen LogP contribution in [-0.4, -0.2) is 20.1 Å². The van der Waals surface area contributed by atoms with Gasteiger partial charge in [-0.25, -0.2) is 4.98 Å². The molecule has 80 valence electrons. The monoisotopic (exact) mass is 278 g/mol. The molecule has 0 aromatic carbocycles. The minimum Gasteiger partial charge on any atom is -0.345 e. The molecule has 3 heterocycles. The molecule has 0 aliphatic heterocycles. The first kappa shape index (κ1) is 9.53. The van der Waals surface area contributed by atoms with Crippen LogP contribution in [0.4, 0.5) is 0 Å². The Labute approximate surface area is 99.0 Å². The topological polar surface area (TPSA) is 67.6 Å². The van der Waals surface area contributed by atoms with E-state index in [0.717, 1.165) is 15.5 Å². The van der Waals surface area contributed by atoms with Crippen molar-refractivity contribution in [2.24, 2.45) is 0 Å². The van der Waals surface area contributed by atoms with Crippen molar-refractivity contribution in [1.82, 2.24) is 20.1 Å². The van der Waals surface area contributed by atoms with E-state index in [0.29, 0.717) is 17.4 Å². The zero-order chi connectivity index (χ0) is 11.1. The fourth-order valence-corrected chi connectivity index (χ4v) is 1.93. The van der Waals surface area contributed by atoms with Crippen molar-refractivity contribution >= 4 is 27.0 Å². The molecule has 3 rings (SSSR count). The van der Waals surface area contributed by atoms with Crippen LogP contribution in [0.2, 0.25) is 0 Å². The van der Waals surface area contributed by atoms with Gasteiger partial charge < -0.3 is 9.51 Å². The lowest BCUT2D eigenvalue weighted by molar-refractivity contribution is 0.394. The van der Waals surface area contributed by atoms with Gasteiger partial charge in [0.2, 0.25) is 11.7 Å². The van der Waals surface area contributed by atoms with Gasteiger partial charge in [0.05, 0.1) is 0 Å². The predicted octanol–water partition coefficient (Wildman–Crippen LogP) is 2.68. The normalized spacial score (nSPS) is 11.1. The lowest BCUT2D eigenvalue weighted by Gasteiger charge is -1.94. The molecule has 0 aliphatic carbocycles. The molecule has 16 heavy (non-hydrogen) atoms. The lowest BCUT2D eigenvalue weighted by atomic mass is 10.3. The lowest BCUT2D eigenvalue weighted by Crippen LogP contribution is -1.86. The van der Waals surface area contributed by atoms with Crippen LogP contribution in [0.5, 0.6) is 0 Å². The second-order valence-electron chi connectivity index (χ2n) is 3.37. The Morgan fingerprint density at radius 2 is 2.19 bits per heavy atom. The number of hydrogen-bond acceptors (Lipinski definition) is 4. The van der Waals surface area contributed by atoms with Crippen molar-refractivity contribution in [2.45, 2.75) is 6.92 Å². The molecule has 0 aliphatic rings. The van der Waals surface area contributed by atoms with E-state index in [1.54, 1.807) is 6.92 Å². The fourth-order valence-electron chi connectivity index (χ4n) is 1.50. The molecule has 0 unspecified atom stereocenters. The van der Waals surface area contributed by atoms with E-state index in [4.69, 9.17) is 4.52 Å². The number of nitrogens with one attached hydrogen (secondary N) is 1. The predicted molar refractivity (Wildman–Crippen MR) is 61.8 cm³/mol. The molecule has 5 nitrogen and oxygen atoms in total. The van der Waals surface area contributed by atoms with Crippen molar-refractivity contribution in [3.05, 3.63) is 28.7 Å². The van der Waals surface area contributed by atoms with Gasteiger partial charge in [-0.3, -0.25) is 0 Å². The van der Waals surface area contributed by atoms with Crippen molar-refractivity contribution in [3.63, 3.8) is 0 Å². The minimum atomic E-state index is 0.505. The highest BCUT2D eigenvalue weighted by atomic mass is 79.9. The quantitative estimate of drug-likeness (QED) is 0.743. The van der Waals surface area contributed by atoms with E-state index in [1.165, 1.54) is 0 Å². The smallest absolute Gasteiger partial charge is 0.223 e. The Bertz CT molecular complexity index is 658. The van der Waals surface area contributed by atoms with Crippen LogP contribution in [0, 0.1) is 6.92 Å². The van der Waals surface area contributed by atoms with Gasteiger partial charge in [0.25, 0.3) is 0 Å². The summed E-state index contributed by atoms with van der Waals surface area (Å²) in [6.07, 6.45) is 1.85. The molecular formula is C10H7BrN4O. The Morgan fingerprint density at radius 3 is 2.94 bits per heavy atom. The highest BCUT2D eigenvalue weighted by Crippen LogP contribution is 2.24.